The van der Waals surface area contributed by atoms with E-state index in [9.17, 15) is 4.55 Å². The molecule has 2 nitrogen and oxygen atoms in total. The molecule has 0 aromatic carbocycles. The van der Waals surface area contributed by atoms with Crippen LogP contribution in [0, 0.1) is 0 Å². The van der Waals surface area contributed by atoms with E-state index in [0.29, 0.717) is 0 Å². The summed E-state index contributed by atoms with van der Waals surface area (Å²) in [6.07, 6.45) is 7.00. The highest BCUT2D eigenvalue weighted by Crippen LogP contribution is 2.12. The van der Waals surface area contributed by atoms with Gasteiger partial charge in [0.25, 0.3) is 0 Å². The summed E-state index contributed by atoms with van der Waals surface area (Å²) in [5.74, 6) is 0. The smallest absolute Gasteiger partial charge is 0.136 e. The second-order valence-electron chi connectivity index (χ2n) is 3.10. The average molecular weight is 224 g/mol. The molecule has 0 amide bonds. The molecule has 0 N–H and O–H groups in total. The zero-order valence-corrected chi connectivity index (χ0v) is 9.70. The Balaban J connectivity index is 0.00000144. The lowest BCUT2D eigenvalue weighted by molar-refractivity contribution is 0.439. The van der Waals surface area contributed by atoms with Crippen molar-refractivity contribution in [1.29, 1.82) is 0 Å². The molecular formula is C9H18ClNOS. The van der Waals surface area contributed by atoms with E-state index in [1.54, 1.807) is 5.41 Å². The number of halogens is 1. The molecular weight excluding hydrogens is 206 g/mol. The maximum Gasteiger partial charge on any atom is 0.136 e. The Kier molecular flexibility index (Phi) is 7.86. The Hall–Kier alpha value is 0.300. The quantitative estimate of drug-likeness (QED) is 0.529. The second-order valence-corrected chi connectivity index (χ2v) is 4.44. The van der Waals surface area contributed by atoms with Gasteiger partial charge in [0.2, 0.25) is 0 Å². The van der Waals surface area contributed by atoms with E-state index in [-0.39, 0.29) is 12.4 Å². The van der Waals surface area contributed by atoms with Crippen molar-refractivity contribution in [3.8, 4) is 0 Å². The SMILES string of the molecule is CCCCCCN1CC=C[S+]1[O-].Cl. The van der Waals surface area contributed by atoms with Crippen molar-refractivity contribution in [3.63, 3.8) is 0 Å². The molecule has 0 aromatic rings. The summed E-state index contributed by atoms with van der Waals surface area (Å²) >= 11 is -0.813. The molecule has 1 atom stereocenters. The van der Waals surface area contributed by atoms with Crippen LogP contribution < -0.4 is 0 Å². The highest BCUT2D eigenvalue weighted by Gasteiger charge is 2.19. The summed E-state index contributed by atoms with van der Waals surface area (Å²) in [6.45, 7) is 4.06. The summed E-state index contributed by atoms with van der Waals surface area (Å²) in [5.41, 5.74) is 0. The van der Waals surface area contributed by atoms with Gasteiger partial charge in [-0.25, -0.2) is 0 Å². The maximum atomic E-state index is 11.2. The fourth-order valence-electron chi connectivity index (χ4n) is 1.30. The van der Waals surface area contributed by atoms with Crippen LogP contribution in [0.4, 0.5) is 0 Å². The monoisotopic (exact) mass is 223 g/mol. The van der Waals surface area contributed by atoms with E-state index in [1.807, 2.05) is 10.4 Å². The number of nitrogens with zero attached hydrogens (tertiary/aromatic N) is 1. The van der Waals surface area contributed by atoms with Crippen molar-refractivity contribution < 1.29 is 4.55 Å². The lowest BCUT2D eigenvalue weighted by atomic mass is 10.2. The van der Waals surface area contributed by atoms with Crippen LogP contribution in [0.15, 0.2) is 11.5 Å². The first-order chi connectivity index (χ1) is 5.84. The molecule has 0 spiro atoms. The molecule has 1 unspecified atom stereocenters. The molecule has 0 bridgehead atoms. The van der Waals surface area contributed by atoms with E-state index in [2.05, 4.69) is 6.92 Å². The molecule has 1 rings (SSSR count). The van der Waals surface area contributed by atoms with Crippen LogP contribution in [0.2, 0.25) is 0 Å². The van der Waals surface area contributed by atoms with Crippen molar-refractivity contribution in [2.75, 3.05) is 13.1 Å². The summed E-state index contributed by atoms with van der Waals surface area (Å²) in [6, 6.07) is 0. The highest BCUT2D eigenvalue weighted by atomic mass is 35.5. The number of hydrogen-bond acceptors (Lipinski definition) is 2. The van der Waals surface area contributed by atoms with Crippen LogP contribution in [0.1, 0.15) is 32.6 Å². The van der Waals surface area contributed by atoms with Gasteiger partial charge in [0.1, 0.15) is 5.41 Å². The summed E-state index contributed by atoms with van der Waals surface area (Å²) in [4.78, 5) is 0. The van der Waals surface area contributed by atoms with Gasteiger partial charge in [0, 0.05) is 6.54 Å². The second kappa shape index (κ2) is 7.68. The van der Waals surface area contributed by atoms with E-state index in [1.165, 1.54) is 25.7 Å². The van der Waals surface area contributed by atoms with E-state index < -0.39 is 11.4 Å². The minimum absolute atomic E-state index is 0. The fourth-order valence-corrected chi connectivity index (χ4v) is 2.26. The van der Waals surface area contributed by atoms with Gasteiger partial charge in [-0.3, -0.25) is 0 Å². The summed E-state index contributed by atoms with van der Waals surface area (Å²) in [5, 5.41) is 1.78. The van der Waals surface area contributed by atoms with Crippen LogP contribution >= 0.6 is 12.4 Å². The van der Waals surface area contributed by atoms with Crippen molar-refractivity contribution in [2.45, 2.75) is 32.6 Å². The third kappa shape index (κ3) is 4.91. The van der Waals surface area contributed by atoms with Crippen molar-refractivity contribution in [1.82, 2.24) is 4.31 Å². The molecule has 78 valence electrons. The zero-order valence-electron chi connectivity index (χ0n) is 8.07. The van der Waals surface area contributed by atoms with Gasteiger partial charge < -0.3 is 4.55 Å². The van der Waals surface area contributed by atoms with Crippen molar-refractivity contribution in [3.05, 3.63) is 11.5 Å². The Bertz CT molecular complexity index is 155. The number of rotatable bonds is 5. The largest absolute Gasteiger partial charge is 0.593 e. The van der Waals surface area contributed by atoms with Gasteiger partial charge in [-0.15, -0.1) is 16.7 Å². The normalized spacial score (nSPS) is 21.8. The molecule has 0 aliphatic carbocycles. The molecule has 0 fully saturated rings. The average Bonchev–Trinajstić information content (AvgIpc) is 2.46. The summed E-state index contributed by atoms with van der Waals surface area (Å²) in [7, 11) is 0. The Morgan fingerprint density at radius 2 is 2.15 bits per heavy atom. The number of unbranched alkanes of at least 4 members (excludes halogenated alkanes) is 3. The van der Waals surface area contributed by atoms with Crippen LogP contribution in [0.25, 0.3) is 0 Å². The van der Waals surface area contributed by atoms with Gasteiger partial charge in [-0.2, -0.15) is 0 Å². The Morgan fingerprint density at radius 1 is 1.38 bits per heavy atom. The van der Waals surface area contributed by atoms with E-state index >= 15 is 0 Å². The highest BCUT2D eigenvalue weighted by molar-refractivity contribution is 7.92. The lowest BCUT2D eigenvalue weighted by Gasteiger charge is -2.15. The Labute approximate surface area is 90.1 Å². The third-order valence-electron chi connectivity index (χ3n) is 2.04. The van der Waals surface area contributed by atoms with Gasteiger partial charge in [-0.05, 0) is 12.5 Å². The maximum absolute atomic E-state index is 11.2. The molecule has 1 aliphatic heterocycles. The van der Waals surface area contributed by atoms with E-state index in [0.717, 1.165) is 13.1 Å². The standard InChI is InChI=1S/C9H17NOS.ClH/c1-2-3-4-5-7-10-8-6-9-12(10)11;/h6,9H,2-5,7-8H2,1H3;1H. The van der Waals surface area contributed by atoms with E-state index in [4.69, 9.17) is 0 Å². The predicted molar refractivity (Wildman–Crippen MR) is 60.2 cm³/mol. The molecule has 0 aromatic heterocycles. The summed E-state index contributed by atoms with van der Waals surface area (Å²) < 4.78 is 13.2. The van der Waals surface area contributed by atoms with Crippen LogP contribution in [0.3, 0.4) is 0 Å². The van der Waals surface area contributed by atoms with Gasteiger partial charge in [0.05, 0.1) is 17.9 Å². The molecule has 4 heteroatoms. The molecule has 13 heavy (non-hydrogen) atoms. The predicted octanol–water partition coefficient (Wildman–Crippen LogP) is 2.48. The molecule has 1 aliphatic rings. The molecule has 0 saturated heterocycles. The first-order valence-electron chi connectivity index (χ1n) is 4.67. The van der Waals surface area contributed by atoms with Crippen LogP contribution in [-0.2, 0) is 11.4 Å². The molecule has 0 saturated carbocycles. The van der Waals surface area contributed by atoms with Crippen LogP contribution in [0.5, 0.6) is 0 Å². The van der Waals surface area contributed by atoms with Gasteiger partial charge in [0.15, 0.2) is 0 Å². The third-order valence-corrected chi connectivity index (χ3v) is 3.30. The van der Waals surface area contributed by atoms with Crippen molar-refractivity contribution in [2.24, 2.45) is 0 Å². The fraction of sp³-hybridized carbons (Fsp3) is 0.778. The molecule has 1 heterocycles. The first-order valence-corrected chi connectivity index (χ1v) is 5.84. The molecule has 0 radical (unpaired) electrons. The minimum Gasteiger partial charge on any atom is -0.593 e. The first kappa shape index (κ1) is 13.3. The number of hydrogen-bond donors (Lipinski definition) is 0. The van der Waals surface area contributed by atoms with Crippen LogP contribution in [-0.4, -0.2) is 21.9 Å². The van der Waals surface area contributed by atoms with Gasteiger partial charge in [-0.1, -0.05) is 26.2 Å². The topological polar surface area (TPSA) is 26.3 Å². The Morgan fingerprint density at radius 3 is 2.69 bits per heavy atom. The lowest BCUT2D eigenvalue weighted by Crippen LogP contribution is -2.26. The zero-order chi connectivity index (χ0) is 8.81. The van der Waals surface area contributed by atoms with Gasteiger partial charge >= 0.3 is 0 Å². The van der Waals surface area contributed by atoms with Crippen molar-refractivity contribution >= 4 is 23.8 Å². The minimum atomic E-state index is -0.813.